The number of rotatable bonds is 8. The number of nitrogens with two attached hydrogens (primary N) is 1. The largest absolute Gasteiger partial charge is 0.370 e. The summed E-state index contributed by atoms with van der Waals surface area (Å²) < 4.78 is 27.3. The quantitative estimate of drug-likeness (QED) is 0.610. The van der Waals surface area contributed by atoms with Crippen molar-refractivity contribution in [1.82, 2.24) is 4.31 Å². The highest BCUT2D eigenvalue weighted by Crippen LogP contribution is 2.27. The summed E-state index contributed by atoms with van der Waals surface area (Å²) in [7, 11) is -3.71. The molecule has 1 fully saturated rings. The predicted octanol–water partition coefficient (Wildman–Crippen LogP) is 2.20. The Morgan fingerprint density at radius 3 is 2.12 bits per heavy atom. The fourth-order valence-corrected chi connectivity index (χ4v) is 5.24. The molecule has 0 bridgehead atoms. The molecule has 8 nitrogen and oxygen atoms in total. The van der Waals surface area contributed by atoms with E-state index in [-0.39, 0.29) is 48.6 Å². The number of primary amides is 1. The molecule has 170 valence electrons. The Hall–Kier alpha value is -3.04. The summed E-state index contributed by atoms with van der Waals surface area (Å²) in [6.45, 7) is 2.03. The zero-order valence-corrected chi connectivity index (χ0v) is 18.8. The monoisotopic (exact) mass is 457 g/mol. The molecule has 1 heterocycles. The summed E-state index contributed by atoms with van der Waals surface area (Å²) in [4.78, 5) is 37.6. The van der Waals surface area contributed by atoms with Gasteiger partial charge in [0, 0.05) is 43.2 Å². The van der Waals surface area contributed by atoms with Gasteiger partial charge in [-0.05, 0) is 44.0 Å². The van der Waals surface area contributed by atoms with Crippen molar-refractivity contribution in [2.24, 2.45) is 11.7 Å². The van der Waals surface area contributed by atoms with Gasteiger partial charge < -0.3 is 10.6 Å². The first-order chi connectivity index (χ1) is 15.2. The van der Waals surface area contributed by atoms with E-state index in [2.05, 4.69) is 0 Å². The zero-order valence-electron chi connectivity index (χ0n) is 17.9. The van der Waals surface area contributed by atoms with Crippen molar-refractivity contribution in [2.45, 2.75) is 31.1 Å². The van der Waals surface area contributed by atoms with Crippen LogP contribution in [0.25, 0.3) is 0 Å². The van der Waals surface area contributed by atoms with Gasteiger partial charge in [0.1, 0.15) is 0 Å². The molecule has 0 unspecified atom stereocenters. The number of anilines is 1. The number of carbonyl (C=O) groups excluding carboxylic acids is 3. The van der Waals surface area contributed by atoms with Crippen LogP contribution in [0, 0.1) is 5.92 Å². The lowest BCUT2D eigenvalue weighted by Gasteiger charge is -2.33. The highest BCUT2D eigenvalue weighted by Gasteiger charge is 2.34. The van der Waals surface area contributed by atoms with E-state index in [4.69, 9.17) is 5.73 Å². The molecular weight excluding hydrogens is 430 g/mol. The van der Waals surface area contributed by atoms with Crippen LogP contribution >= 0.6 is 0 Å². The van der Waals surface area contributed by atoms with Gasteiger partial charge in [0.05, 0.1) is 4.90 Å². The molecule has 0 radical (unpaired) electrons. The summed E-state index contributed by atoms with van der Waals surface area (Å²) in [5.41, 5.74) is 6.40. The highest BCUT2D eigenvalue weighted by atomic mass is 32.2. The molecule has 0 spiro atoms. The second-order valence-corrected chi connectivity index (χ2v) is 9.74. The number of ketones is 1. The van der Waals surface area contributed by atoms with E-state index >= 15 is 0 Å². The number of hydrogen-bond acceptors (Lipinski definition) is 5. The molecule has 2 aromatic carbocycles. The zero-order chi connectivity index (χ0) is 23.3. The first-order valence-electron chi connectivity index (χ1n) is 10.5. The number of Topliss-reactive ketones (excluding diaryl/α,β-unsaturated/α-hetero) is 1. The Morgan fingerprint density at radius 1 is 1.00 bits per heavy atom. The molecule has 1 aliphatic rings. The average molecular weight is 458 g/mol. The molecule has 32 heavy (non-hydrogen) atoms. The van der Waals surface area contributed by atoms with Gasteiger partial charge in [0.2, 0.25) is 21.8 Å². The predicted molar refractivity (Wildman–Crippen MR) is 121 cm³/mol. The number of sulfonamides is 1. The van der Waals surface area contributed by atoms with E-state index in [1.54, 1.807) is 17.0 Å². The second kappa shape index (κ2) is 10.1. The fourth-order valence-electron chi connectivity index (χ4n) is 3.77. The smallest absolute Gasteiger partial charge is 0.243 e. The van der Waals surface area contributed by atoms with Gasteiger partial charge in [-0.2, -0.15) is 4.31 Å². The third kappa shape index (κ3) is 5.41. The summed E-state index contributed by atoms with van der Waals surface area (Å²) in [5, 5.41) is 0. The first-order valence-corrected chi connectivity index (χ1v) is 11.9. The van der Waals surface area contributed by atoms with Gasteiger partial charge >= 0.3 is 0 Å². The van der Waals surface area contributed by atoms with Crippen molar-refractivity contribution in [3.63, 3.8) is 0 Å². The highest BCUT2D eigenvalue weighted by molar-refractivity contribution is 7.89. The second-order valence-electron chi connectivity index (χ2n) is 7.80. The summed E-state index contributed by atoms with van der Waals surface area (Å²) >= 11 is 0. The lowest BCUT2D eigenvalue weighted by atomic mass is 9.96. The van der Waals surface area contributed by atoms with Crippen LogP contribution in [-0.4, -0.2) is 50.0 Å². The number of benzene rings is 2. The van der Waals surface area contributed by atoms with Crippen LogP contribution in [0.1, 0.15) is 36.5 Å². The Morgan fingerprint density at radius 2 is 1.59 bits per heavy atom. The third-order valence-electron chi connectivity index (χ3n) is 5.62. The molecule has 1 aliphatic heterocycles. The number of para-hydroxylation sites is 1. The topological polar surface area (TPSA) is 118 Å². The van der Waals surface area contributed by atoms with Gasteiger partial charge in [-0.25, -0.2) is 8.42 Å². The molecule has 0 aliphatic carbocycles. The molecule has 1 saturated heterocycles. The number of hydrogen-bond donors (Lipinski definition) is 1. The normalized spacial score (nSPS) is 15.3. The lowest BCUT2D eigenvalue weighted by Crippen LogP contribution is -2.45. The van der Waals surface area contributed by atoms with Crippen molar-refractivity contribution in [2.75, 3.05) is 24.5 Å². The van der Waals surface area contributed by atoms with Crippen molar-refractivity contribution in [3.8, 4) is 0 Å². The number of nitrogens with zero attached hydrogens (tertiary/aromatic N) is 2. The number of piperidine rings is 1. The molecular formula is C23H27N3O5S. The van der Waals surface area contributed by atoms with Gasteiger partial charge in [-0.1, -0.05) is 30.3 Å². The van der Waals surface area contributed by atoms with E-state index in [0.29, 0.717) is 24.1 Å². The van der Waals surface area contributed by atoms with Crippen LogP contribution in [0.2, 0.25) is 0 Å². The summed E-state index contributed by atoms with van der Waals surface area (Å²) in [6, 6.07) is 14.9. The van der Waals surface area contributed by atoms with E-state index in [1.165, 1.54) is 35.5 Å². The van der Waals surface area contributed by atoms with Crippen LogP contribution in [0.3, 0.4) is 0 Å². The lowest BCUT2D eigenvalue weighted by molar-refractivity contribution is -0.123. The van der Waals surface area contributed by atoms with Crippen LogP contribution in [0.15, 0.2) is 59.5 Å². The van der Waals surface area contributed by atoms with Crippen LogP contribution < -0.4 is 10.6 Å². The van der Waals surface area contributed by atoms with Crippen LogP contribution in [0.4, 0.5) is 5.69 Å². The molecule has 2 amide bonds. The molecule has 3 rings (SSSR count). The van der Waals surface area contributed by atoms with E-state index < -0.39 is 15.9 Å². The maximum atomic E-state index is 13.2. The SMILES string of the molecule is CC(=O)c1ccc(S(=O)(=O)N2CCC(C(=O)N(CCC(N)=O)c3ccccc3)CC2)cc1. The molecule has 9 heteroatoms. The van der Waals surface area contributed by atoms with Gasteiger partial charge in [0.15, 0.2) is 5.78 Å². The first kappa shape index (κ1) is 23.6. The van der Waals surface area contributed by atoms with Gasteiger partial charge in [0.25, 0.3) is 0 Å². The molecule has 0 atom stereocenters. The van der Waals surface area contributed by atoms with Crippen LogP contribution in [0.5, 0.6) is 0 Å². The van der Waals surface area contributed by atoms with E-state index in [9.17, 15) is 22.8 Å². The Balaban J connectivity index is 1.69. The van der Waals surface area contributed by atoms with Crippen molar-refractivity contribution in [3.05, 3.63) is 60.2 Å². The molecule has 0 saturated carbocycles. The van der Waals surface area contributed by atoms with E-state index in [1.807, 2.05) is 18.2 Å². The average Bonchev–Trinajstić information content (AvgIpc) is 2.79. The Labute approximate surface area is 188 Å². The number of carbonyl (C=O) groups is 3. The maximum absolute atomic E-state index is 13.2. The minimum atomic E-state index is -3.71. The van der Waals surface area contributed by atoms with Crippen LogP contribution in [-0.2, 0) is 19.6 Å². The number of amides is 2. The Kier molecular flexibility index (Phi) is 7.42. The molecule has 2 N–H and O–H groups in total. The standard InChI is InChI=1S/C23H27N3O5S/c1-17(27)18-7-9-21(10-8-18)32(30,31)25-14-11-19(12-15-25)23(29)26(16-13-22(24)28)20-5-3-2-4-6-20/h2-10,19H,11-16H2,1H3,(H2,24,28). The van der Waals surface area contributed by atoms with Gasteiger partial charge in [-0.3, -0.25) is 14.4 Å². The third-order valence-corrected chi connectivity index (χ3v) is 7.53. The van der Waals surface area contributed by atoms with Crippen molar-refractivity contribution < 1.29 is 22.8 Å². The Bertz CT molecular complexity index is 1080. The minimum absolute atomic E-state index is 0.0458. The minimum Gasteiger partial charge on any atom is -0.370 e. The summed E-state index contributed by atoms with van der Waals surface area (Å²) in [5.74, 6) is -1.11. The molecule has 2 aromatic rings. The fraction of sp³-hybridized carbons (Fsp3) is 0.348. The molecule has 0 aromatic heterocycles. The van der Waals surface area contributed by atoms with Crippen molar-refractivity contribution in [1.29, 1.82) is 0 Å². The van der Waals surface area contributed by atoms with Crippen molar-refractivity contribution >= 4 is 33.3 Å². The summed E-state index contributed by atoms with van der Waals surface area (Å²) in [6.07, 6.45) is 0.803. The van der Waals surface area contributed by atoms with E-state index in [0.717, 1.165) is 0 Å². The van der Waals surface area contributed by atoms with Gasteiger partial charge in [-0.15, -0.1) is 0 Å². The maximum Gasteiger partial charge on any atom is 0.243 e.